The van der Waals surface area contributed by atoms with E-state index < -0.39 is 29.0 Å². The molecule has 3 N–H and O–H groups in total. The monoisotopic (exact) mass is 358 g/mol. The summed E-state index contributed by atoms with van der Waals surface area (Å²) in [6.45, 7) is -0.170. The first-order chi connectivity index (χ1) is 9.86. The third-order valence-corrected chi connectivity index (χ3v) is 2.90. The molecule has 0 aliphatic rings. The van der Waals surface area contributed by atoms with Crippen LogP contribution in [0.2, 0.25) is 0 Å². The number of anilines is 1. The summed E-state index contributed by atoms with van der Waals surface area (Å²) in [5, 5.41) is 6.05. The third-order valence-electron chi connectivity index (χ3n) is 2.44. The summed E-state index contributed by atoms with van der Waals surface area (Å²) in [7, 11) is 0. The van der Waals surface area contributed by atoms with Gasteiger partial charge in [-0.05, 0) is 12.1 Å². The molecule has 0 saturated heterocycles. The highest BCUT2D eigenvalue weighted by Gasteiger charge is 2.19. The highest BCUT2D eigenvalue weighted by molar-refractivity contribution is 9.10. The molecule has 2 aromatic rings. The number of nitrogens with one attached hydrogen (secondary N) is 1. The van der Waals surface area contributed by atoms with Gasteiger partial charge in [-0.2, -0.15) is 5.10 Å². The van der Waals surface area contributed by atoms with Crippen molar-refractivity contribution in [2.75, 3.05) is 5.32 Å². The molecule has 6 nitrogen and oxygen atoms in total. The second-order valence-corrected chi connectivity index (χ2v) is 5.01. The van der Waals surface area contributed by atoms with Crippen molar-refractivity contribution in [2.45, 2.75) is 6.54 Å². The van der Waals surface area contributed by atoms with Crippen molar-refractivity contribution < 1.29 is 18.4 Å². The largest absolute Gasteiger partial charge is 0.368 e. The maximum absolute atomic E-state index is 13.6. The van der Waals surface area contributed by atoms with Gasteiger partial charge in [-0.15, -0.1) is 0 Å². The summed E-state index contributed by atoms with van der Waals surface area (Å²) < 4.78 is 28.6. The second kappa shape index (κ2) is 6.00. The van der Waals surface area contributed by atoms with Gasteiger partial charge in [0.05, 0.1) is 11.9 Å². The number of primary amides is 1. The van der Waals surface area contributed by atoms with Crippen LogP contribution in [-0.4, -0.2) is 21.6 Å². The Labute approximate surface area is 126 Å². The van der Waals surface area contributed by atoms with Crippen molar-refractivity contribution >= 4 is 33.4 Å². The van der Waals surface area contributed by atoms with Crippen LogP contribution < -0.4 is 11.1 Å². The first kappa shape index (κ1) is 15.1. The molecular formula is C12H9BrF2N4O2. The number of nitrogens with two attached hydrogens (primary N) is 1. The molecule has 0 saturated carbocycles. The lowest BCUT2D eigenvalue weighted by Gasteiger charge is -2.05. The number of hydrogen-bond acceptors (Lipinski definition) is 3. The Morgan fingerprint density at radius 3 is 2.52 bits per heavy atom. The first-order valence-electron chi connectivity index (χ1n) is 5.63. The molecule has 0 unspecified atom stereocenters. The molecule has 110 valence electrons. The van der Waals surface area contributed by atoms with Crippen molar-refractivity contribution in [1.82, 2.24) is 9.78 Å². The van der Waals surface area contributed by atoms with Crippen molar-refractivity contribution in [3.63, 3.8) is 0 Å². The Morgan fingerprint density at radius 1 is 1.33 bits per heavy atom. The van der Waals surface area contributed by atoms with E-state index in [-0.39, 0.29) is 16.7 Å². The Kier molecular flexibility index (Phi) is 4.32. The van der Waals surface area contributed by atoms with Crippen LogP contribution in [-0.2, 0) is 11.3 Å². The number of rotatable bonds is 4. The van der Waals surface area contributed by atoms with Crippen LogP contribution in [0.15, 0.2) is 29.0 Å². The van der Waals surface area contributed by atoms with Crippen molar-refractivity contribution in [3.05, 3.63) is 46.2 Å². The number of benzene rings is 1. The molecule has 1 aromatic carbocycles. The van der Waals surface area contributed by atoms with Gasteiger partial charge in [0.2, 0.25) is 5.91 Å². The van der Waals surface area contributed by atoms with E-state index in [9.17, 15) is 18.4 Å². The van der Waals surface area contributed by atoms with E-state index in [4.69, 9.17) is 5.73 Å². The summed E-state index contributed by atoms with van der Waals surface area (Å²) in [4.78, 5) is 22.6. The van der Waals surface area contributed by atoms with Gasteiger partial charge in [-0.3, -0.25) is 14.3 Å². The zero-order valence-corrected chi connectivity index (χ0v) is 12.0. The fourth-order valence-electron chi connectivity index (χ4n) is 1.63. The highest BCUT2D eigenvalue weighted by Crippen LogP contribution is 2.20. The molecule has 2 rings (SSSR count). The number of nitrogens with zero attached hydrogens (tertiary/aromatic N) is 2. The quantitative estimate of drug-likeness (QED) is 0.870. The molecule has 0 aliphatic carbocycles. The number of hydrogen-bond donors (Lipinski definition) is 2. The molecule has 2 amide bonds. The Morgan fingerprint density at radius 2 is 1.95 bits per heavy atom. The summed E-state index contributed by atoms with van der Waals surface area (Å²) in [6, 6.07) is 1.96. The van der Waals surface area contributed by atoms with E-state index in [0.29, 0.717) is 0 Å². The van der Waals surface area contributed by atoms with E-state index in [1.807, 2.05) is 0 Å². The Balaban J connectivity index is 2.18. The van der Waals surface area contributed by atoms with Crippen LogP contribution in [0.5, 0.6) is 0 Å². The molecule has 1 heterocycles. The van der Waals surface area contributed by atoms with Gasteiger partial charge in [0, 0.05) is 10.7 Å². The topological polar surface area (TPSA) is 90.0 Å². The lowest BCUT2D eigenvalue weighted by atomic mass is 10.2. The number of amides is 2. The van der Waals surface area contributed by atoms with E-state index in [2.05, 4.69) is 26.3 Å². The summed E-state index contributed by atoms with van der Waals surface area (Å²) in [6.07, 6.45) is 2.55. The summed E-state index contributed by atoms with van der Waals surface area (Å²) >= 11 is 2.92. The van der Waals surface area contributed by atoms with Gasteiger partial charge in [0.25, 0.3) is 5.91 Å². The summed E-state index contributed by atoms with van der Waals surface area (Å²) in [5.41, 5.74) is 4.46. The molecule has 0 atom stereocenters. The Bertz CT molecular complexity index is 694. The second-order valence-electron chi connectivity index (χ2n) is 4.09. The Hall–Kier alpha value is -2.29. The van der Waals surface area contributed by atoms with Gasteiger partial charge >= 0.3 is 0 Å². The molecule has 0 spiro atoms. The molecule has 0 aliphatic heterocycles. The normalized spacial score (nSPS) is 10.4. The minimum atomic E-state index is -0.996. The minimum absolute atomic E-state index is 0.170. The van der Waals surface area contributed by atoms with E-state index >= 15 is 0 Å². The molecule has 9 heteroatoms. The van der Waals surface area contributed by atoms with E-state index in [1.165, 1.54) is 17.1 Å². The smallest absolute Gasteiger partial charge is 0.261 e. The molecule has 0 radical (unpaired) electrons. The van der Waals surface area contributed by atoms with Gasteiger partial charge in [0.1, 0.15) is 23.7 Å². The fraction of sp³-hybridized carbons (Fsp3) is 0.0833. The van der Waals surface area contributed by atoms with E-state index in [1.54, 1.807) is 0 Å². The molecule has 0 bridgehead atoms. The number of halogens is 3. The van der Waals surface area contributed by atoms with Gasteiger partial charge in [-0.1, -0.05) is 15.9 Å². The highest BCUT2D eigenvalue weighted by atomic mass is 79.9. The van der Waals surface area contributed by atoms with Crippen LogP contribution in [0.1, 0.15) is 10.4 Å². The fourth-order valence-corrected chi connectivity index (χ4v) is 2.03. The van der Waals surface area contributed by atoms with Crippen molar-refractivity contribution in [3.8, 4) is 0 Å². The average Bonchev–Trinajstić information content (AvgIpc) is 2.73. The van der Waals surface area contributed by atoms with Gasteiger partial charge < -0.3 is 11.1 Å². The van der Waals surface area contributed by atoms with Crippen LogP contribution in [0.3, 0.4) is 0 Å². The van der Waals surface area contributed by atoms with Crippen LogP contribution >= 0.6 is 15.9 Å². The number of aromatic nitrogens is 2. The maximum Gasteiger partial charge on any atom is 0.261 e. The number of carbonyl (C=O) groups is 2. The van der Waals surface area contributed by atoms with Crippen molar-refractivity contribution in [1.29, 1.82) is 0 Å². The minimum Gasteiger partial charge on any atom is -0.368 e. The zero-order chi connectivity index (χ0) is 15.6. The molecule has 1 aromatic heterocycles. The number of carbonyl (C=O) groups excluding carboxylic acids is 2. The molecule has 21 heavy (non-hydrogen) atoms. The zero-order valence-electron chi connectivity index (χ0n) is 10.4. The average molecular weight is 359 g/mol. The third kappa shape index (κ3) is 3.63. The van der Waals surface area contributed by atoms with E-state index in [0.717, 1.165) is 12.1 Å². The standard InChI is InChI=1S/C12H9BrF2N4O2/c13-6-1-8(14)11(9(15)2-6)12(21)18-7-3-17-19(4-7)5-10(16)20/h1-4H,5H2,(H2,16,20)(H,18,21). The van der Waals surface area contributed by atoms with Crippen molar-refractivity contribution in [2.24, 2.45) is 5.73 Å². The first-order valence-corrected chi connectivity index (χ1v) is 6.43. The van der Waals surface area contributed by atoms with Crippen LogP contribution in [0.25, 0.3) is 0 Å². The SMILES string of the molecule is NC(=O)Cn1cc(NC(=O)c2c(F)cc(Br)cc2F)cn1. The molecule has 0 fully saturated rings. The molecular weight excluding hydrogens is 350 g/mol. The van der Waals surface area contributed by atoms with Crippen LogP contribution in [0.4, 0.5) is 14.5 Å². The predicted octanol–water partition coefficient (Wildman–Crippen LogP) is 1.66. The van der Waals surface area contributed by atoms with Gasteiger partial charge in [0.15, 0.2) is 0 Å². The lowest BCUT2D eigenvalue weighted by molar-refractivity contribution is -0.118. The van der Waals surface area contributed by atoms with Crippen LogP contribution in [0, 0.1) is 11.6 Å². The summed E-state index contributed by atoms with van der Waals surface area (Å²) in [5.74, 6) is -3.56. The lowest BCUT2D eigenvalue weighted by Crippen LogP contribution is -2.19. The predicted molar refractivity (Wildman–Crippen MR) is 73.4 cm³/mol. The van der Waals surface area contributed by atoms with Gasteiger partial charge in [-0.25, -0.2) is 8.78 Å². The maximum atomic E-state index is 13.6.